The second-order valence-corrected chi connectivity index (χ2v) is 7.68. The number of carbonyl (C=O) groups excluding carboxylic acids is 1. The Bertz CT molecular complexity index is 643. The molecule has 150 valence electrons. The molecule has 0 bridgehead atoms. The zero-order chi connectivity index (χ0) is 19.6. The summed E-state index contributed by atoms with van der Waals surface area (Å²) in [6.45, 7) is 6.19. The van der Waals surface area contributed by atoms with E-state index in [4.69, 9.17) is 14.2 Å². The first-order valence-corrected chi connectivity index (χ1v) is 9.86. The lowest BCUT2D eigenvalue weighted by molar-refractivity contribution is 0.0486. The molecule has 3 unspecified atom stereocenters. The predicted octanol–water partition coefficient (Wildman–Crippen LogP) is 3.19. The van der Waals surface area contributed by atoms with Crippen LogP contribution in [0.3, 0.4) is 0 Å². The first-order valence-electron chi connectivity index (χ1n) is 9.86. The minimum atomic E-state index is 0.0263. The normalized spacial score (nSPS) is 26.1. The van der Waals surface area contributed by atoms with Crippen LogP contribution in [0.4, 0.5) is 0 Å². The summed E-state index contributed by atoms with van der Waals surface area (Å²) in [5, 5.41) is 0. The van der Waals surface area contributed by atoms with E-state index in [-0.39, 0.29) is 5.91 Å². The molecule has 1 aromatic rings. The molecule has 2 aliphatic rings. The van der Waals surface area contributed by atoms with E-state index in [1.807, 2.05) is 4.90 Å². The molecular weight excluding hydrogens is 344 g/mol. The van der Waals surface area contributed by atoms with E-state index in [0.717, 1.165) is 25.9 Å². The molecule has 2 heterocycles. The molecule has 6 nitrogen and oxygen atoms in total. The average molecular weight is 376 g/mol. The SMILES string of the molecule is COc1cc(C(=O)N2CCCC(N3C(C)CCC3C)C2)cc(OC)c1OC. The average Bonchev–Trinajstić information content (AvgIpc) is 3.04. The first-order chi connectivity index (χ1) is 13.0. The summed E-state index contributed by atoms with van der Waals surface area (Å²) >= 11 is 0. The van der Waals surface area contributed by atoms with Crippen LogP contribution < -0.4 is 14.2 Å². The molecule has 1 aromatic carbocycles. The Morgan fingerprint density at radius 2 is 1.56 bits per heavy atom. The molecule has 0 aromatic heterocycles. The Morgan fingerprint density at radius 3 is 2.07 bits per heavy atom. The molecular formula is C21H32N2O4. The van der Waals surface area contributed by atoms with Crippen molar-refractivity contribution in [2.45, 2.75) is 57.7 Å². The monoisotopic (exact) mass is 376 g/mol. The maximum absolute atomic E-state index is 13.2. The summed E-state index contributed by atoms with van der Waals surface area (Å²) in [6.07, 6.45) is 4.70. The van der Waals surface area contributed by atoms with Crippen LogP contribution >= 0.6 is 0 Å². The zero-order valence-electron chi connectivity index (χ0n) is 17.2. The number of hydrogen-bond donors (Lipinski definition) is 0. The van der Waals surface area contributed by atoms with Crippen LogP contribution in [0.25, 0.3) is 0 Å². The highest BCUT2D eigenvalue weighted by atomic mass is 16.5. The van der Waals surface area contributed by atoms with Gasteiger partial charge in [0.05, 0.1) is 21.3 Å². The van der Waals surface area contributed by atoms with Gasteiger partial charge < -0.3 is 19.1 Å². The van der Waals surface area contributed by atoms with Crippen molar-refractivity contribution in [1.82, 2.24) is 9.80 Å². The Kier molecular flexibility index (Phi) is 6.15. The third kappa shape index (κ3) is 3.86. The van der Waals surface area contributed by atoms with Gasteiger partial charge in [0.15, 0.2) is 11.5 Å². The number of ether oxygens (including phenoxy) is 3. The van der Waals surface area contributed by atoms with Gasteiger partial charge in [-0.3, -0.25) is 9.69 Å². The van der Waals surface area contributed by atoms with E-state index in [1.54, 1.807) is 33.5 Å². The number of carbonyl (C=O) groups is 1. The van der Waals surface area contributed by atoms with Gasteiger partial charge in [0.2, 0.25) is 5.75 Å². The van der Waals surface area contributed by atoms with Gasteiger partial charge in [0.25, 0.3) is 5.91 Å². The fraction of sp³-hybridized carbons (Fsp3) is 0.667. The Morgan fingerprint density at radius 1 is 0.963 bits per heavy atom. The number of benzene rings is 1. The number of nitrogens with zero attached hydrogens (tertiary/aromatic N) is 2. The molecule has 3 atom stereocenters. The van der Waals surface area contributed by atoms with Gasteiger partial charge in [0.1, 0.15) is 0 Å². The van der Waals surface area contributed by atoms with Crippen LogP contribution in [0.5, 0.6) is 17.2 Å². The minimum Gasteiger partial charge on any atom is -0.493 e. The van der Waals surface area contributed by atoms with Crippen molar-refractivity contribution in [2.24, 2.45) is 0 Å². The van der Waals surface area contributed by atoms with Crippen LogP contribution in [-0.4, -0.2) is 68.3 Å². The third-order valence-electron chi connectivity index (χ3n) is 6.04. The molecule has 3 rings (SSSR count). The van der Waals surface area contributed by atoms with Gasteiger partial charge in [0, 0.05) is 36.8 Å². The van der Waals surface area contributed by atoms with Gasteiger partial charge in [-0.1, -0.05) is 0 Å². The lowest BCUT2D eigenvalue weighted by Gasteiger charge is -2.41. The summed E-state index contributed by atoms with van der Waals surface area (Å²) in [6, 6.07) is 5.13. The molecule has 0 N–H and O–H groups in total. The second-order valence-electron chi connectivity index (χ2n) is 7.68. The van der Waals surface area contributed by atoms with Crippen molar-refractivity contribution in [1.29, 1.82) is 0 Å². The fourth-order valence-corrected chi connectivity index (χ4v) is 4.70. The summed E-state index contributed by atoms with van der Waals surface area (Å²) in [7, 11) is 4.70. The molecule has 27 heavy (non-hydrogen) atoms. The van der Waals surface area contributed by atoms with Crippen LogP contribution in [0.1, 0.15) is 49.9 Å². The standard InChI is InChI=1S/C21H32N2O4/c1-14-8-9-15(2)23(14)17-7-6-10-22(13-17)21(24)16-11-18(25-3)20(27-5)19(12-16)26-4/h11-12,14-15,17H,6-10,13H2,1-5H3. The molecule has 0 spiro atoms. The lowest BCUT2D eigenvalue weighted by atomic mass is 10.0. The molecule has 2 fully saturated rings. The maximum atomic E-state index is 13.2. The van der Waals surface area contributed by atoms with Crippen molar-refractivity contribution in [3.63, 3.8) is 0 Å². The van der Waals surface area contributed by atoms with Crippen molar-refractivity contribution in [3.8, 4) is 17.2 Å². The van der Waals surface area contributed by atoms with E-state index < -0.39 is 0 Å². The molecule has 0 saturated carbocycles. The highest BCUT2D eigenvalue weighted by Crippen LogP contribution is 2.39. The van der Waals surface area contributed by atoms with E-state index >= 15 is 0 Å². The highest BCUT2D eigenvalue weighted by Gasteiger charge is 2.36. The predicted molar refractivity (Wildman–Crippen MR) is 105 cm³/mol. The highest BCUT2D eigenvalue weighted by molar-refractivity contribution is 5.95. The fourth-order valence-electron chi connectivity index (χ4n) is 4.70. The number of amides is 1. The van der Waals surface area contributed by atoms with Crippen molar-refractivity contribution >= 4 is 5.91 Å². The molecule has 2 saturated heterocycles. The smallest absolute Gasteiger partial charge is 0.254 e. The molecule has 0 aliphatic carbocycles. The Balaban J connectivity index is 1.81. The number of piperidine rings is 1. The number of rotatable bonds is 5. The number of likely N-dealkylation sites (tertiary alicyclic amines) is 2. The topological polar surface area (TPSA) is 51.2 Å². The Hall–Kier alpha value is -1.95. The zero-order valence-corrected chi connectivity index (χ0v) is 17.2. The van der Waals surface area contributed by atoms with E-state index in [2.05, 4.69) is 18.7 Å². The van der Waals surface area contributed by atoms with E-state index in [9.17, 15) is 4.79 Å². The van der Waals surface area contributed by atoms with Crippen LogP contribution in [0.15, 0.2) is 12.1 Å². The second kappa shape index (κ2) is 8.38. The molecule has 0 radical (unpaired) electrons. The number of hydrogen-bond acceptors (Lipinski definition) is 5. The molecule has 1 amide bonds. The van der Waals surface area contributed by atoms with Gasteiger partial charge >= 0.3 is 0 Å². The van der Waals surface area contributed by atoms with E-state index in [1.165, 1.54) is 12.8 Å². The third-order valence-corrected chi connectivity index (χ3v) is 6.04. The number of methoxy groups -OCH3 is 3. The lowest BCUT2D eigenvalue weighted by Crippen LogP contribution is -2.52. The Labute approximate surface area is 162 Å². The molecule has 2 aliphatic heterocycles. The van der Waals surface area contributed by atoms with E-state index in [0.29, 0.717) is 40.9 Å². The van der Waals surface area contributed by atoms with Crippen LogP contribution in [-0.2, 0) is 0 Å². The largest absolute Gasteiger partial charge is 0.493 e. The van der Waals surface area contributed by atoms with Crippen molar-refractivity contribution in [3.05, 3.63) is 17.7 Å². The van der Waals surface area contributed by atoms with Gasteiger partial charge in [-0.05, 0) is 51.7 Å². The summed E-state index contributed by atoms with van der Waals surface area (Å²) in [4.78, 5) is 17.8. The van der Waals surface area contributed by atoms with Crippen LogP contribution in [0.2, 0.25) is 0 Å². The van der Waals surface area contributed by atoms with Gasteiger partial charge in [-0.25, -0.2) is 0 Å². The van der Waals surface area contributed by atoms with Crippen LogP contribution in [0, 0.1) is 0 Å². The molecule has 6 heteroatoms. The first kappa shape index (κ1) is 19.8. The van der Waals surface area contributed by atoms with Crippen molar-refractivity contribution in [2.75, 3.05) is 34.4 Å². The summed E-state index contributed by atoms with van der Waals surface area (Å²) in [5.74, 6) is 1.55. The van der Waals surface area contributed by atoms with Crippen molar-refractivity contribution < 1.29 is 19.0 Å². The summed E-state index contributed by atoms with van der Waals surface area (Å²) < 4.78 is 16.2. The summed E-state index contributed by atoms with van der Waals surface area (Å²) in [5.41, 5.74) is 0.577. The van der Waals surface area contributed by atoms with Gasteiger partial charge in [-0.2, -0.15) is 0 Å². The quantitative estimate of drug-likeness (QED) is 0.790. The van der Waals surface area contributed by atoms with Gasteiger partial charge in [-0.15, -0.1) is 0 Å². The minimum absolute atomic E-state index is 0.0263. The maximum Gasteiger partial charge on any atom is 0.254 e.